The van der Waals surface area contributed by atoms with Crippen LogP contribution in [0.25, 0.3) is 16.6 Å². The van der Waals surface area contributed by atoms with Crippen molar-refractivity contribution in [1.29, 1.82) is 0 Å². The van der Waals surface area contributed by atoms with Crippen LogP contribution in [0.5, 0.6) is 0 Å². The van der Waals surface area contributed by atoms with E-state index in [0.29, 0.717) is 11.1 Å². The molecule has 5 heteroatoms. The van der Waals surface area contributed by atoms with Gasteiger partial charge in [0.2, 0.25) is 0 Å². The number of aromatic nitrogens is 2. The third-order valence-electron chi connectivity index (χ3n) is 5.61. The Balaban J connectivity index is 1.77. The zero-order chi connectivity index (χ0) is 21.4. The Bertz CT molecular complexity index is 1330. The second-order valence-corrected chi connectivity index (χ2v) is 7.73. The molecule has 0 saturated carbocycles. The number of rotatable bonds is 4. The second kappa shape index (κ2) is 7.67. The molecule has 4 rings (SSSR count). The normalized spacial score (nSPS) is 11.1. The molecule has 2 aromatic heterocycles. The predicted molar refractivity (Wildman–Crippen MR) is 120 cm³/mol. The maximum Gasteiger partial charge on any atom is 0.254 e. The van der Waals surface area contributed by atoms with Gasteiger partial charge in [-0.1, -0.05) is 36.4 Å². The van der Waals surface area contributed by atoms with Crippen molar-refractivity contribution in [2.45, 2.75) is 34.2 Å². The molecule has 0 aliphatic rings. The van der Waals surface area contributed by atoms with E-state index in [0.717, 1.165) is 39.1 Å². The molecule has 0 unspecified atom stereocenters. The average Bonchev–Trinajstić information content (AvgIpc) is 2.99. The summed E-state index contributed by atoms with van der Waals surface area (Å²) in [7, 11) is 0. The van der Waals surface area contributed by atoms with Gasteiger partial charge in [0.05, 0.1) is 11.1 Å². The van der Waals surface area contributed by atoms with Crippen molar-refractivity contribution in [3.63, 3.8) is 0 Å². The summed E-state index contributed by atoms with van der Waals surface area (Å²) < 4.78 is 2.13. The number of H-pyrrole nitrogens is 1. The van der Waals surface area contributed by atoms with Crippen molar-refractivity contribution in [3.8, 4) is 5.69 Å². The van der Waals surface area contributed by atoms with Crippen molar-refractivity contribution in [3.05, 3.63) is 98.6 Å². The lowest BCUT2D eigenvalue weighted by molar-refractivity contribution is 0.0951. The Morgan fingerprint density at radius 2 is 1.67 bits per heavy atom. The zero-order valence-electron chi connectivity index (χ0n) is 17.7. The number of nitrogens with one attached hydrogen (secondary N) is 2. The van der Waals surface area contributed by atoms with Crippen molar-refractivity contribution < 1.29 is 4.79 Å². The van der Waals surface area contributed by atoms with Gasteiger partial charge < -0.3 is 14.9 Å². The molecule has 0 radical (unpaired) electrons. The molecule has 0 bridgehead atoms. The molecule has 2 N–H and O–H groups in total. The molecule has 30 heavy (non-hydrogen) atoms. The Kier molecular flexibility index (Phi) is 5.04. The van der Waals surface area contributed by atoms with Crippen LogP contribution in [-0.2, 0) is 6.54 Å². The van der Waals surface area contributed by atoms with Crippen molar-refractivity contribution in [1.82, 2.24) is 14.9 Å². The first-order valence-electron chi connectivity index (χ1n) is 10.0. The van der Waals surface area contributed by atoms with E-state index >= 15 is 0 Å². The minimum absolute atomic E-state index is 0.160. The van der Waals surface area contributed by atoms with Crippen molar-refractivity contribution >= 4 is 16.8 Å². The van der Waals surface area contributed by atoms with Gasteiger partial charge in [0.25, 0.3) is 11.5 Å². The number of amides is 1. The summed E-state index contributed by atoms with van der Waals surface area (Å²) in [5, 5.41) is 3.85. The first kappa shape index (κ1) is 19.7. The molecule has 4 aromatic rings. The molecule has 1 amide bonds. The van der Waals surface area contributed by atoms with Crippen molar-refractivity contribution in [2.75, 3.05) is 0 Å². The smallest absolute Gasteiger partial charge is 0.254 e. The van der Waals surface area contributed by atoms with Crippen LogP contribution in [0.1, 0.15) is 38.4 Å². The van der Waals surface area contributed by atoms with E-state index < -0.39 is 0 Å². The highest BCUT2D eigenvalue weighted by Crippen LogP contribution is 2.30. The quantitative estimate of drug-likeness (QED) is 0.531. The molecule has 0 aliphatic carbocycles. The van der Waals surface area contributed by atoms with E-state index in [-0.39, 0.29) is 18.0 Å². The topological polar surface area (TPSA) is 66.9 Å². The number of pyridine rings is 1. The molecule has 0 aliphatic heterocycles. The van der Waals surface area contributed by atoms with Gasteiger partial charge in [-0.3, -0.25) is 9.59 Å². The number of para-hydroxylation sites is 2. The highest BCUT2D eigenvalue weighted by Gasteiger charge is 2.21. The van der Waals surface area contributed by atoms with Crippen LogP contribution in [-0.4, -0.2) is 15.5 Å². The minimum atomic E-state index is -0.185. The number of nitrogens with zero attached hydrogens (tertiary/aromatic N) is 1. The number of fused-ring (bicyclic) bond motifs is 1. The molecule has 2 aromatic carbocycles. The SMILES string of the molecule is Cc1cc(C)c(CNC(=O)c2c(C)n(-c3ccccc3C)c3ccccc23)c(=O)[nH]1. The fourth-order valence-corrected chi connectivity index (χ4v) is 4.14. The first-order valence-corrected chi connectivity index (χ1v) is 10.0. The number of aromatic amines is 1. The lowest BCUT2D eigenvalue weighted by Crippen LogP contribution is -2.28. The summed E-state index contributed by atoms with van der Waals surface area (Å²) in [6.07, 6.45) is 0. The van der Waals surface area contributed by atoms with Gasteiger partial charge in [-0.05, 0) is 57.0 Å². The van der Waals surface area contributed by atoms with Crippen LogP contribution in [0, 0.1) is 27.7 Å². The van der Waals surface area contributed by atoms with Crippen LogP contribution in [0.2, 0.25) is 0 Å². The number of hydrogen-bond acceptors (Lipinski definition) is 2. The number of aryl methyl sites for hydroxylation is 3. The summed E-state index contributed by atoms with van der Waals surface area (Å²) >= 11 is 0. The first-order chi connectivity index (χ1) is 14.4. The Hall–Kier alpha value is -3.60. The van der Waals surface area contributed by atoms with E-state index in [1.54, 1.807) is 0 Å². The molecule has 5 nitrogen and oxygen atoms in total. The summed E-state index contributed by atoms with van der Waals surface area (Å²) in [6.45, 7) is 7.95. The molecule has 152 valence electrons. The maximum atomic E-state index is 13.2. The van der Waals surface area contributed by atoms with E-state index in [1.807, 2.05) is 63.2 Å². The zero-order valence-corrected chi connectivity index (χ0v) is 17.7. The van der Waals surface area contributed by atoms with Gasteiger partial charge >= 0.3 is 0 Å². The number of benzene rings is 2. The second-order valence-electron chi connectivity index (χ2n) is 7.73. The molecular formula is C25H25N3O2. The minimum Gasteiger partial charge on any atom is -0.348 e. The third kappa shape index (κ3) is 3.32. The van der Waals surface area contributed by atoms with Gasteiger partial charge in [-0.2, -0.15) is 0 Å². The predicted octanol–water partition coefficient (Wildman–Crippen LogP) is 4.48. The third-order valence-corrected chi connectivity index (χ3v) is 5.61. The van der Waals surface area contributed by atoms with E-state index in [4.69, 9.17) is 0 Å². The van der Waals surface area contributed by atoms with Crippen LogP contribution >= 0.6 is 0 Å². The number of hydrogen-bond donors (Lipinski definition) is 2. The Morgan fingerprint density at radius 1 is 0.967 bits per heavy atom. The van der Waals surface area contributed by atoms with E-state index in [9.17, 15) is 9.59 Å². The van der Waals surface area contributed by atoms with E-state index in [2.05, 4.69) is 33.9 Å². The van der Waals surface area contributed by atoms with Gasteiger partial charge in [0.1, 0.15) is 0 Å². The average molecular weight is 399 g/mol. The Labute approximate surface area is 175 Å². The number of carbonyl (C=O) groups is 1. The summed E-state index contributed by atoms with van der Waals surface area (Å²) in [5.74, 6) is -0.185. The maximum absolute atomic E-state index is 13.2. The van der Waals surface area contributed by atoms with Crippen LogP contribution in [0.3, 0.4) is 0 Å². The molecule has 0 saturated heterocycles. The van der Waals surface area contributed by atoms with Gasteiger partial charge in [-0.25, -0.2) is 0 Å². The van der Waals surface area contributed by atoms with Crippen LogP contribution in [0.4, 0.5) is 0 Å². The summed E-state index contributed by atoms with van der Waals surface area (Å²) in [6, 6.07) is 18.0. The lowest BCUT2D eigenvalue weighted by atomic mass is 10.1. The fourth-order valence-electron chi connectivity index (χ4n) is 4.14. The summed E-state index contributed by atoms with van der Waals surface area (Å²) in [5.41, 5.74) is 6.78. The number of carbonyl (C=O) groups excluding carboxylic acids is 1. The van der Waals surface area contributed by atoms with Crippen LogP contribution < -0.4 is 10.9 Å². The largest absolute Gasteiger partial charge is 0.348 e. The monoisotopic (exact) mass is 399 g/mol. The molecule has 0 fully saturated rings. The lowest BCUT2D eigenvalue weighted by Gasteiger charge is -2.12. The molecule has 0 spiro atoms. The van der Waals surface area contributed by atoms with Crippen LogP contribution in [0.15, 0.2) is 59.4 Å². The highest BCUT2D eigenvalue weighted by atomic mass is 16.2. The van der Waals surface area contributed by atoms with Gasteiger partial charge in [-0.15, -0.1) is 0 Å². The fraction of sp³-hybridized carbons (Fsp3) is 0.200. The van der Waals surface area contributed by atoms with Crippen molar-refractivity contribution in [2.24, 2.45) is 0 Å². The van der Waals surface area contributed by atoms with Gasteiger partial charge in [0.15, 0.2) is 0 Å². The molecular weight excluding hydrogens is 374 g/mol. The van der Waals surface area contributed by atoms with E-state index in [1.165, 1.54) is 0 Å². The standard InChI is InChI=1S/C25H25N3O2/c1-15-9-5-7-11-21(15)28-18(4)23(19-10-6-8-12-22(19)28)25(30)26-14-20-16(2)13-17(3)27-24(20)29/h5-13H,14H2,1-4H3,(H,26,30)(H,27,29). The molecule has 2 heterocycles. The van der Waals surface area contributed by atoms with Gasteiger partial charge in [0, 0.05) is 34.6 Å². The summed E-state index contributed by atoms with van der Waals surface area (Å²) in [4.78, 5) is 28.3. The highest BCUT2D eigenvalue weighted by molar-refractivity contribution is 6.09. The molecule has 0 atom stereocenters. The Morgan fingerprint density at radius 3 is 2.40 bits per heavy atom.